The van der Waals surface area contributed by atoms with Crippen molar-refractivity contribution in [3.05, 3.63) is 0 Å². The van der Waals surface area contributed by atoms with Gasteiger partial charge in [-0.3, -0.25) is 0 Å². The Hall–Kier alpha value is -0.0900. The molecular formula is C13H27NO2S. The fourth-order valence-electron chi connectivity index (χ4n) is 2.60. The molecule has 1 aliphatic carbocycles. The third kappa shape index (κ3) is 6.41. The van der Waals surface area contributed by atoms with Crippen LogP contribution in [0.4, 0.5) is 0 Å². The summed E-state index contributed by atoms with van der Waals surface area (Å²) >= 11 is 0. The summed E-state index contributed by atoms with van der Waals surface area (Å²) in [6, 6.07) is 0.197. The van der Waals surface area contributed by atoms with Crippen molar-refractivity contribution < 1.29 is 8.42 Å². The Morgan fingerprint density at radius 1 is 1.24 bits per heavy atom. The minimum Gasteiger partial charge on any atom is -0.328 e. The van der Waals surface area contributed by atoms with Gasteiger partial charge in [0.25, 0.3) is 0 Å². The van der Waals surface area contributed by atoms with Crippen molar-refractivity contribution in [2.45, 2.75) is 64.3 Å². The first kappa shape index (κ1) is 15.0. The van der Waals surface area contributed by atoms with Crippen LogP contribution in [-0.2, 0) is 9.84 Å². The molecule has 17 heavy (non-hydrogen) atoms. The summed E-state index contributed by atoms with van der Waals surface area (Å²) in [6.07, 6.45) is 9.39. The van der Waals surface area contributed by atoms with Crippen LogP contribution in [0.3, 0.4) is 0 Å². The van der Waals surface area contributed by atoms with E-state index in [2.05, 4.69) is 0 Å². The van der Waals surface area contributed by atoms with Crippen molar-refractivity contribution in [3.8, 4) is 0 Å². The van der Waals surface area contributed by atoms with E-state index in [9.17, 15) is 8.42 Å². The zero-order chi connectivity index (χ0) is 12.7. The molecule has 2 N–H and O–H groups in total. The molecule has 0 radical (unpaired) electrons. The van der Waals surface area contributed by atoms with Gasteiger partial charge in [0.2, 0.25) is 0 Å². The lowest BCUT2D eigenvalue weighted by Crippen LogP contribution is -2.22. The predicted molar refractivity (Wildman–Crippen MR) is 72.7 cm³/mol. The number of hydrogen-bond acceptors (Lipinski definition) is 3. The Bertz CT molecular complexity index is 295. The summed E-state index contributed by atoms with van der Waals surface area (Å²) in [7, 11) is -2.80. The highest BCUT2D eigenvalue weighted by Gasteiger charge is 2.16. The van der Waals surface area contributed by atoms with Gasteiger partial charge in [0, 0.05) is 11.8 Å². The van der Waals surface area contributed by atoms with E-state index < -0.39 is 9.84 Å². The van der Waals surface area contributed by atoms with Crippen LogP contribution in [0.5, 0.6) is 0 Å². The minimum absolute atomic E-state index is 0.197. The van der Waals surface area contributed by atoms with Gasteiger partial charge in [0.1, 0.15) is 9.84 Å². The van der Waals surface area contributed by atoms with Gasteiger partial charge in [-0.1, -0.05) is 32.6 Å². The summed E-state index contributed by atoms with van der Waals surface area (Å²) in [6.45, 7) is 1.70. The highest BCUT2D eigenvalue weighted by molar-refractivity contribution is 7.91. The van der Waals surface area contributed by atoms with E-state index in [-0.39, 0.29) is 11.8 Å². The van der Waals surface area contributed by atoms with Gasteiger partial charge in [-0.25, -0.2) is 8.42 Å². The molecule has 0 amide bonds. The zero-order valence-corrected chi connectivity index (χ0v) is 11.8. The maximum atomic E-state index is 11.3. The normalized spacial score (nSPS) is 19.6. The van der Waals surface area contributed by atoms with Crippen molar-refractivity contribution >= 4 is 9.84 Å². The van der Waals surface area contributed by atoms with Crippen LogP contribution in [-0.4, -0.2) is 26.0 Å². The molecule has 1 unspecified atom stereocenters. The van der Waals surface area contributed by atoms with E-state index >= 15 is 0 Å². The Balaban J connectivity index is 2.06. The summed E-state index contributed by atoms with van der Waals surface area (Å²) < 4.78 is 22.6. The monoisotopic (exact) mass is 261 g/mol. The van der Waals surface area contributed by atoms with Gasteiger partial charge in [0.15, 0.2) is 0 Å². The van der Waals surface area contributed by atoms with E-state index in [1.54, 1.807) is 6.92 Å². The zero-order valence-electron chi connectivity index (χ0n) is 11.0. The molecule has 4 heteroatoms. The SMILES string of the molecule is CCS(=O)(=O)CCCC(N)CCC1CCCC1. The van der Waals surface area contributed by atoms with Gasteiger partial charge in [-0.05, 0) is 31.6 Å². The lowest BCUT2D eigenvalue weighted by Gasteiger charge is -2.14. The second-order valence-electron chi connectivity index (χ2n) is 5.37. The third-order valence-electron chi connectivity index (χ3n) is 3.89. The van der Waals surface area contributed by atoms with Crippen LogP contribution in [0.25, 0.3) is 0 Å². The molecule has 0 saturated heterocycles. The first-order valence-electron chi connectivity index (χ1n) is 6.99. The van der Waals surface area contributed by atoms with Crippen LogP contribution in [0.2, 0.25) is 0 Å². The lowest BCUT2D eigenvalue weighted by atomic mass is 9.97. The molecule has 0 spiro atoms. The fourth-order valence-corrected chi connectivity index (χ4v) is 3.50. The smallest absolute Gasteiger partial charge is 0.150 e. The largest absolute Gasteiger partial charge is 0.328 e. The van der Waals surface area contributed by atoms with E-state index in [0.717, 1.165) is 25.2 Å². The molecule has 3 nitrogen and oxygen atoms in total. The van der Waals surface area contributed by atoms with Crippen molar-refractivity contribution in [3.63, 3.8) is 0 Å². The van der Waals surface area contributed by atoms with Crippen LogP contribution in [0.15, 0.2) is 0 Å². The van der Waals surface area contributed by atoms with Crippen molar-refractivity contribution in [1.82, 2.24) is 0 Å². The highest BCUT2D eigenvalue weighted by Crippen LogP contribution is 2.29. The number of sulfone groups is 1. The number of nitrogens with two attached hydrogens (primary N) is 1. The van der Waals surface area contributed by atoms with Crippen LogP contribution < -0.4 is 5.73 Å². The average molecular weight is 261 g/mol. The molecule has 0 aromatic heterocycles. The second-order valence-corrected chi connectivity index (χ2v) is 7.84. The third-order valence-corrected chi connectivity index (χ3v) is 5.68. The summed E-state index contributed by atoms with van der Waals surface area (Å²) in [5.74, 6) is 1.45. The molecule has 1 aliphatic rings. The molecule has 102 valence electrons. The van der Waals surface area contributed by atoms with Gasteiger partial charge in [-0.2, -0.15) is 0 Å². The predicted octanol–water partition coefficient (Wildman–Crippen LogP) is 2.50. The van der Waals surface area contributed by atoms with Gasteiger partial charge in [0.05, 0.1) is 5.75 Å². The maximum Gasteiger partial charge on any atom is 0.150 e. The Morgan fingerprint density at radius 3 is 2.47 bits per heavy atom. The van der Waals surface area contributed by atoms with E-state index in [0.29, 0.717) is 5.75 Å². The second kappa shape index (κ2) is 7.37. The molecule has 1 atom stereocenters. The minimum atomic E-state index is -2.80. The molecule has 0 heterocycles. The summed E-state index contributed by atoms with van der Waals surface area (Å²) in [4.78, 5) is 0. The van der Waals surface area contributed by atoms with Crippen molar-refractivity contribution in [2.24, 2.45) is 11.7 Å². The molecule has 0 aliphatic heterocycles. The fraction of sp³-hybridized carbons (Fsp3) is 1.00. The first-order chi connectivity index (χ1) is 8.03. The molecule has 0 aromatic carbocycles. The maximum absolute atomic E-state index is 11.3. The molecule has 0 aromatic rings. The summed E-state index contributed by atoms with van der Waals surface area (Å²) in [5, 5.41) is 0. The first-order valence-corrected chi connectivity index (χ1v) is 8.81. The van der Waals surface area contributed by atoms with Crippen LogP contribution in [0.1, 0.15) is 58.3 Å². The summed E-state index contributed by atoms with van der Waals surface area (Å²) in [5.41, 5.74) is 6.03. The molecule has 1 fully saturated rings. The molecule has 1 saturated carbocycles. The van der Waals surface area contributed by atoms with E-state index in [1.807, 2.05) is 0 Å². The van der Waals surface area contributed by atoms with Crippen molar-refractivity contribution in [1.29, 1.82) is 0 Å². The lowest BCUT2D eigenvalue weighted by molar-refractivity contribution is 0.435. The highest BCUT2D eigenvalue weighted by atomic mass is 32.2. The van der Waals surface area contributed by atoms with Crippen LogP contribution >= 0.6 is 0 Å². The Kier molecular flexibility index (Phi) is 6.49. The van der Waals surface area contributed by atoms with E-state index in [4.69, 9.17) is 5.73 Å². The van der Waals surface area contributed by atoms with Gasteiger partial charge < -0.3 is 5.73 Å². The van der Waals surface area contributed by atoms with Crippen molar-refractivity contribution in [2.75, 3.05) is 11.5 Å². The number of rotatable bonds is 8. The van der Waals surface area contributed by atoms with Gasteiger partial charge >= 0.3 is 0 Å². The van der Waals surface area contributed by atoms with Gasteiger partial charge in [-0.15, -0.1) is 0 Å². The van der Waals surface area contributed by atoms with Crippen LogP contribution in [0, 0.1) is 5.92 Å². The Labute approximate surface area is 106 Å². The standard InChI is InChI=1S/C13H27NO2S/c1-2-17(15,16)11-5-8-13(14)10-9-12-6-3-4-7-12/h12-13H,2-11,14H2,1H3. The molecule has 0 bridgehead atoms. The number of hydrogen-bond donors (Lipinski definition) is 1. The quantitative estimate of drug-likeness (QED) is 0.730. The topological polar surface area (TPSA) is 60.2 Å². The average Bonchev–Trinajstić information content (AvgIpc) is 2.79. The molecular weight excluding hydrogens is 234 g/mol. The molecule has 1 rings (SSSR count). The van der Waals surface area contributed by atoms with E-state index in [1.165, 1.54) is 32.1 Å². The Morgan fingerprint density at radius 2 is 1.88 bits per heavy atom.